The Morgan fingerprint density at radius 2 is 1.43 bits per heavy atom. The van der Waals surface area contributed by atoms with Crippen LogP contribution in [0.15, 0.2) is 12.1 Å². The molecule has 2 fully saturated rings. The molecule has 3 heterocycles. The first-order valence-corrected chi connectivity index (χ1v) is 8.93. The molecule has 1 aromatic heterocycles. The van der Waals surface area contributed by atoms with E-state index in [0.717, 1.165) is 38.9 Å². The fourth-order valence-corrected chi connectivity index (χ4v) is 3.62. The zero-order valence-corrected chi connectivity index (χ0v) is 13.8. The first-order chi connectivity index (χ1) is 11.2. The molecular weight excluding hydrogens is 316 g/mol. The van der Waals surface area contributed by atoms with E-state index in [1.807, 2.05) is 0 Å². The molecule has 2 aliphatic rings. The van der Waals surface area contributed by atoms with E-state index >= 15 is 0 Å². The molecular formula is C16H22N2O4S. The quantitative estimate of drug-likeness (QED) is 0.825. The highest BCUT2D eigenvalue weighted by atomic mass is 32.1. The van der Waals surface area contributed by atoms with E-state index in [2.05, 4.69) is 10.6 Å². The van der Waals surface area contributed by atoms with Crippen LogP contribution in [0.5, 0.6) is 0 Å². The van der Waals surface area contributed by atoms with Gasteiger partial charge in [0.25, 0.3) is 11.8 Å². The van der Waals surface area contributed by atoms with E-state index < -0.39 is 0 Å². The number of amides is 2. The fraction of sp³-hybridized carbons (Fsp3) is 0.625. The number of rotatable bonds is 6. The van der Waals surface area contributed by atoms with Crippen molar-refractivity contribution in [3.63, 3.8) is 0 Å². The maximum absolute atomic E-state index is 12.1. The van der Waals surface area contributed by atoms with Crippen molar-refractivity contribution in [3.05, 3.63) is 21.9 Å². The van der Waals surface area contributed by atoms with Crippen LogP contribution >= 0.6 is 11.3 Å². The smallest absolute Gasteiger partial charge is 0.261 e. The van der Waals surface area contributed by atoms with Gasteiger partial charge in [0.15, 0.2) is 0 Å². The summed E-state index contributed by atoms with van der Waals surface area (Å²) < 4.78 is 11.0. The van der Waals surface area contributed by atoms with Crippen LogP contribution < -0.4 is 10.6 Å². The van der Waals surface area contributed by atoms with Gasteiger partial charge in [0.05, 0.1) is 22.0 Å². The topological polar surface area (TPSA) is 76.7 Å². The van der Waals surface area contributed by atoms with E-state index in [4.69, 9.17) is 9.47 Å². The lowest BCUT2D eigenvalue weighted by atomic mass is 10.2. The number of carbonyl (C=O) groups excluding carboxylic acids is 2. The van der Waals surface area contributed by atoms with E-state index in [-0.39, 0.29) is 24.0 Å². The number of nitrogens with one attached hydrogen (secondary N) is 2. The predicted molar refractivity (Wildman–Crippen MR) is 86.9 cm³/mol. The Hall–Kier alpha value is -1.44. The normalized spacial score (nSPS) is 23.8. The van der Waals surface area contributed by atoms with Crippen LogP contribution in [0.4, 0.5) is 0 Å². The molecule has 0 saturated carbocycles. The molecule has 2 aliphatic heterocycles. The zero-order chi connectivity index (χ0) is 16.1. The minimum atomic E-state index is -0.149. The molecule has 6 nitrogen and oxygen atoms in total. The van der Waals surface area contributed by atoms with Gasteiger partial charge in [-0.15, -0.1) is 11.3 Å². The monoisotopic (exact) mass is 338 g/mol. The average Bonchev–Trinajstić information content (AvgIpc) is 3.32. The molecule has 0 bridgehead atoms. The first-order valence-electron chi connectivity index (χ1n) is 8.12. The maximum atomic E-state index is 12.1. The van der Waals surface area contributed by atoms with E-state index in [1.165, 1.54) is 11.3 Å². The van der Waals surface area contributed by atoms with Crippen LogP contribution in [-0.4, -0.2) is 50.3 Å². The lowest BCUT2D eigenvalue weighted by molar-refractivity contribution is 0.0859. The second kappa shape index (κ2) is 7.90. The third kappa shape index (κ3) is 4.53. The van der Waals surface area contributed by atoms with Gasteiger partial charge in [-0.05, 0) is 37.8 Å². The Balaban J connectivity index is 1.46. The molecule has 0 unspecified atom stereocenters. The lowest BCUT2D eigenvalue weighted by Gasteiger charge is -2.10. The molecule has 2 N–H and O–H groups in total. The third-order valence-corrected chi connectivity index (χ3v) is 5.16. The van der Waals surface area contributed by atoms with Gasteiger partial charge >= 0.3 is 0 Å². The molecule has 0 radical (unpaired) electrons. The number of thiophene rings is 1. The summed E-state index contributed by atoms with van der Waals surface area (Å²) in [5.74, 6) is -0.299. The molecule has 0 aliphatic carbocycles. The molecule has 3 rings (SSSR count). The first kappa shape index (κ1) is 16.4. The second-order valence-electron chi connectivity index (χ2n) is 5.85. The van der Waals surface area contributed by atoms with Crippen molar-refractivity contribution in [1.29, 1.82) is 0 Å². The molecule has 0 spiro atoms. The summed E-state index contributed by atoms with van der Waals surface area (Å²) in [7, 11) is 0. The van der Waals surface area contributed by atoms with Gasteiger partial charge in [-0.1, -0.05) is 0 Å². The minimum absolute atomic E-state index is 0.119. The van der Waals surface area contributed by atoms with Crippen molar-refractivity contribution in [2.75, 3.05) is 26.3 Å². The SMILES string of the molecule is O=C(NC[C@H]1CCCO1)c1ccc(C(=O)NC[C@H]2CCCO2)s1. The summed E-state index contributed by atoms with van der Waals surface area (Å²) in [4.78, 5) is 25.3. The van der Waals surface area contributed by atoms with Crippen LogP contribution in [0.1, 0.15) is 45.0 Å². The van der Waals surface area contributed by atoms with Gasteiger partial charge in [-0.25, -0.2) is 0 Å². The Bertz CT molecular complexity index is 502. The number of carbonyl (C=O) groups is 2. The van der Waals surface area contributed by atoms with E-state index in [9.17, 15) is 9.59 Å². The van der Waals surface area contributed by atoms with Crippen LogP contribution in [0.2, 0.25) is 0 Å². The number of hydrogen-bond donors (Lipinski definition) is 2. The minimum Gasteiger partial charge on any atom is -0.376 e. The summed E-state index contributed by atoms with van der Waals surface area (Å²) in [5.41, 5.74) is 0. The Morgan fingerprint density at radius 1 is 0.957 bits per heavy atom. The number of hydrogen-bond acceptors (Lipinski definition) is 5. The Morgan fingerprint density at radius 3 is 1.83 bits per heavy atom. The zero-order valence-electron chi connectivity index (χ0n) is 13.0. The summed E-state index contributed by atoms with van der Waals surface area (Å²) in [6, 6.07) is 3.38. The van der Waals surface area contributed by atoms with Gasteiger partial charge in [0, 0.05) is 26.3 Å². The Kier molecular flexibility index (Phi) is 5.64. The van der Waals surface area contributed by atoms with Crippen molar-refractivity contribution in [2.24, 2.45) is 0 Å². The van der Waals surface area contributed by atoms with Crippen molar-refractivity contribution in [2.45, 2.75) is 37.9 Å². The van der Waals surface area contributed by atoms with Crippen molar-refractivity contribution < 1.29 is 19.1 Å². The predicted octanol–water partition coefficient (Wildman–Crippen LogP) is 1.57. The lowest BCUT2D eigenvalue weighted by Crippen LogP contribution is -2.31. The molecule has 2 saturated heterocycles. The van der Waals surface area contributed by atoms with Crippen LogP contribution in [0.3, 0.4) is 0 Å². The van der Waals surface area contributed by atoms with Crippen molar-refractivity contribution in [1.82, 2.24) is 10.6 Å². The van der Waals surface area contributed by atoms with Gasteiger partial charge in [0.2, 0.25) is 0 Å². The molecule has 2 amide bonds. The van der Waals surface area contributed by atoms with Gasteiger partial charge in [0.1, 0.15) is 0 Å². The van der Waals surface area contributed by atoms with Crippen LogP contribution in [0.25, 0.3) is 0 Å². The molecule has 23 heavy (non-hydrogen) atoms. The van der Waals surface area contributed by atoms with Gasteiger partial charge in [-0.2, -0.15) is 0 Å². The standard InChI is InChI=1S/C16H22N2O4S/c19-15(17-9-11-3-1-7-21-11)13-5-6-14(23-13)16(20)18-10-12-4-2-8-22-12/h5-6,11-12H,1-4,7-10H2,(H,17,19)(H,18,20)/t11-,12-/m1/s1. The van der Waals surface area contributed by atoms with E-state index in [0.29, 0.717) is 22.8 Å². The molecule has 0 aromatic carbocycles. The van der Waals surface area contributed by atoms with Gasteiger partial charge < -0.3 is 20.1 Å². The Labute approximate surface area is 139 Å². The van der Waals surface area contributed by atoms with Crippen molar-refractivity contribution >= 4 is 23.2 Å². The fourth-order valence-electron chi connectivity index (χ4n) is 2.78. The highest BCUT2D eigenvalue weighted by Gasteiger charge is 2.20. The second-order valence-corrected chi connectivity index (χ2v) is 6.94. The molecule has 2 atom stereocenters. The number of ether oxygens (including phenoxy) is 2. The molecule has 7 heteroatoms. The average molecular weight is 338 g/mol. The maximum Gasteiger partial charge on any atom is 0.261 e. The summed E-state index contributed by atoms with van der Waals surface area (Å²) in [6.45, 7) is 2.59. The summed E-state index contributed by atoms with van der Waals surface area (Å²) >= 11 is 1.21. The summed E-state index contributed by atoms with van der Waals surface area (Å²) in [5, 5.41) is 5.73. The third-order valence-electron chi connectivity index (χ3n) is 4.08. The van der Waals surface area contributed by atoms with E-state index in [1.54, 1.807) is 12.1 Å². The van der Waals surface area contributed by atoms with Crippen molar-refractivity contribution in [3.8, 4) is 0 Å². The summed E-state index contributed by atoms with van der Waals surface area (Å²) in [6.07, 6.45) is 4.31. The highest BCUT2D eigenvalue weighted by Crippen LogP contribution is 2.17. The van der Waals surface area contributed by atoms with Crippen LogP contribution in [0, 0.1) is 0 Å². The van der Waals surface area contributed by atoms with Crippen LogP contribution in [-0.2, 0) is 9.47 Å². The highest BCUT2D eigenvalue weighted by molar-refractivity contribution is 7.15. The molecule has 126 valence electrons. The van der Waals surface area contributed by atoms with Gasteiger partial charge in [-0.3, -0.25) is 9.59 Å². The largest absolute Gasteiger partial charge is 0.376 e. The molecule has 1 aromatic rings.